The van der Waals surface area contributed by atoms with E-state index >= 15 is 0 Å². The summed E-state index contributed by atoms with van der Waals surface area (Å²) in [6.07, 6.45) is 0. The third-order valence-corrected chi connectivity index (χ3v) is 3.87. The molecule has 1 heterocycles. The maximum absolute atomic E-state index is 5.47. The SMILES string of the molecule is COc1cc(C)c(-c2csc(C)n2)cc1C(C)C. The Morgan fingerprint density at radius 3 is 2.44 bits per heavy atom. The van der Waals surface area contributed by atoms with Crippen LogP contribution in [0, 0.1) is 13.8 Å². The third kappa shape index (κ3) is 2.41. The Bertz CT molecular complexity index is 558. The van der Waals surface area contributed by atoms with Gasteiger partial charge in [-0.25, -0.2) is 4.98 Å². The second kappa shape index (κ2) is 5.11. The van der Waals surface area contributed by atoms with Gasteiger partial charge in [0.1, 0.15) is 5.75 Å². The molecule has 2 aromatic rings. The minimum Gasteiger partial charge on any atom is -0.496 e. The molecule has 0 bridgehead atoms. The predicted octanol–water partition coefficient (Wildman–Crippen LogP) is 4.56. The summed E-state index contributed by atoms with van der Waals surface area (Å²) in [5.74, 6) is 1.41. The first-order chi connectivity index (χ1) is 8.52. The summed E-state index contributed by atoms with van der Waals surface area (Å²) < 4.78 is 5.47. The Balaban J connectivity index is 2.58. The minimum atomic E-state index is 0.444. The van der Waals surface area contributed by atoms with Gasteiger partial charge in [-0.3, -0.25) is 0 Å². The Kier molecular flexibility index (Phi) is 3.71. The summed E-state index contributed by atoms with van der Waals surface area (Å²) in [6, 6.07) is 4.33. The van der Waals surface area contributed by atoms with Crippen LogP contribution < -0.4 is 4.74 Å². The van der Waals surface area contributed by atoms with Gasteiger partial charge in [0.15, 0.2) is 0 Å². The third-order valence-electron chi connectivity index (χ3n) is 3.09. The molecule has 0 aliphatic rings. The van der Waals surface area contributed by atoms with Crippen molar-refractivity contribution < 1.29 is 4.74 Å². The lowest BCUT2D eigenvalue weighted by Crippen LogP contribution is -1.97. The highest BCUT2D eigenvalue weighted by molar-refractivity contribution is 7.09. The fourth-order valence-electron chi connectivity index (χ4n) is 2.09. The standard InChI is InChI=1S/C15H19NOS/c1-9(2)12-7-13(10(3)6-15(12)17-5)14-8-18-11(4)16-14/h6-9H,1-5H3. The normalized spacial score (nSPS) is 11.0. The van der Waals surface area contributed by atoms with Crippen molar-refractivity contribution in [2.45, 2.75) is 33.6 Å². The molecule has 0 N–H and O–H groups in total. The van der Waals surface area contributed by atoms with Gasteiger partial charge in [0, 0.05) is 10.9 Å². The number of methoxy groups -OCH3 is 1. The Labute approximate surface area is 113 Å². The summed E-state index contributed by atoms with van der Waals surface area (Å²) in [6.45, 7) is 8.51. The van der Waals surface area contributed by atoms with Crippen LogP contribution in [0.2, 0.25) is 0 Å². The molecule has 1 aromatic heterocycles. The summed E-state index contributed by atoms with van der Waals surface area (Å²) in [4.78, 5) is 4.58. The number of hydrogen-bond donors (Lipinski definition) is 0. The maximum Gasteiger partial charge on any atom is 0.122 e. The zero-order valence-electron chi connectivity index (χ0n) is 11.6. The highest BCUT2D eigenvalue weighted by Crippen LogP contribution is 2.34. The van der Waals surface area contributed by atoms with Gasteiger partial charge in [0.2, 0.25) is 0 Å². The van der Waals surface area contributed by atoms with Gasteiger partial charge < -0.3 is 4.74 Å². The van der Waals surface area contributed by atoms with Crippen molar-refractivity contribution in [1.29, 1.82) is 0 Å². The molecule has 0 aliphatic carbocycles. The lowest BCUT2D eigenvalue weighted by Gasteiger charge is -2.15. The Hall–Kier alpha value is -1.35. The van der Waals surface area contributed by atoms with Crippen LogP contribution in [-0.2, 0) is 0 Å². The molecular formula is C15H19NOS. The zero-order chi connectivity index (χ0) is 13.3. The number of hydrogen-bond acceptors (Lipinski definition) is 3. The average Bonchev–Trinajstić information content (AvgIpc) is 2.74. The van der Waals surface area contributed by atoms with Crippen molar-refractivity contribution in [2.24, 2.45) is 0 Å². The Morgan fingerprint density at radius 2 is 1.94 bits per heavy atom. The van der Waals surface area contributed by atoms with Crippen molar-refractivity contribution in [1.82, 2.24) is 4.98 Å². The highest BCUT2D eigenvalue weighted by atomic mass is 32.1. The van der Waals surface area contributed by atoms with Crippen molar-refractivity contribution in [3.05, 3.63) is 33.6 Å². The second-order valence-corrected chi connectivity index (χ2v) is 5.88. The molecular weight excluding hydrogens is 242 g/mol. The Morgan fingerprint density at radius 1 is 1.22 bits per heavy atom. The summed E-state index contributed by atoms with van der Waals surface area (Å²) in [5.41, 5.74) is 4.73. The molecule has 0 radical (unpaired) electrons. The molecule has 18 heavy (non-hydrogen) atoms. The predicted molar refractivity (Wildman–Crippen MR) is 77.7 cm³/mol. The molecule has 96 valence electrons. The van der Waals surface area contributed by atoms with Gasteiger partial charge in [-0.05, 0) is 43.0 Å². The molecule has 0 amide bonds. The first-order valence-corrected chi connectivity index (χ1v) is 7.02. The van der Waals surface area contributed by atoms with E-state index in [-0.39, 0.29) is 0 Å². The number of aryl methyl sites for hydroxylation is 2. The average molecular weight is 261 g/mol. The monoisotopic (exact) mass is 261 g/mol. The van der Waals surface area contributed by atoms with Crippen LogP contribution in [-0.4, -0.2) is 12.1 Å². The van der Waals surface area contributed by atoms with Crippen molar-refractivity contribution in [3.8, 4) is 17.0 Å². The molecule has 2 nitrogen and oxygen atoms in total. The molecule has 2 rings (SSSR count). The molecule has 0 fully saturated rings. The molecule has 0 atom stereocenters. The number of rotatable bonds is 3. The smallest absolute Gasteiger partial charge is 0.122 e. The van der Waals surface area contributed by atoms with E-state index < -0.39 is 0 Å². The number of aromatic nitrogens is 1. The molecule has 0 aliphatic heterocycles. The number of thiazole rings is 1. The number of benzene rings is 1. The fourth-order valence-corrected chi connectivity index (χ4v) is 2.70. The van der Waals surface area contributed by atoms with E-state index in [1.807, 2.05) is 6.92 Å². The van der Waals surface area contributed by atoms with Gasteiger partial charge >= 0.3 is 0 Å². The van der Waals surface area contributed by atoms with E-state index in [2.05, 4.69) is 43.3 Å². The van der Waals surface area contributed by atoms with Crippen LogP contribution >= 0.6 is 11.3 Å². The van der Waals surface area contributed by atoms with Crippen LogP contribution in [0.3, 0.4) is 0 Å². The summed E-state index contributed by atoms with van der Waals surface area (Å²) >= 11 is 1.69. The molecule has 3 heteroatoms. The van der Waals surface area contributed by atoms with E-state index in [1.165, 1.54) is 16.7 Å². The molecule has 0 saturated carbocycles. The quantitative estimate of drug-likeness (QED) is 0.808. The van der Waals surface area contributed by atoms with Crippen LogP contribution in [0.25, 0.3) is 11.3 Å². The fraction of sp³-hybridized carbons (Fsp3) is 0.400. The van der Waals surface area contributed by atoms with Crippen molar-refractivity contribution in [3.63, 3.8) is 0 Å². The van der Waals surface area contributed by atoms with Gasteiger partial charge in [0.25, 0.3) is 0 Å². The van der Waals surface area contributed by atoms with E-state index in [1.54, 1.807) is 18.4 Å². The van der Waals surface area contributed by atoms with E-state index in [9.17, 15) is 0 Å². The first kappa shape index (κ1) is 13.1. The lowest BCUT2D eigenvalue weighted by molar-refractivity contribution is 0.407. The maximum atomic E-state index is 5.47. The van der Waals surface area contributed by atoms with E-state index in [0.717, 1.165) is 16.5 Å². The molecule has 1 aromatic carbocycles. The number of nitrogens with zero attached hydrogens (tertiary/aromatic N) is 1. The molecule has 0 unspecified atom stereocenters. The topological polar surface area (TPSA) is 22.1 Å². The largest absolute Gasteiger partial charge is 0.496 e. The summed E-state index contributed by atoms with van der Waals surface area (Å²) in [5, 5.41) is 3.22. The van der Waals surface area contributed by atoms with Crippen LogP contribution in [0.5, 0.6) is 5.75 Å². The highest BCUT2D eigenvalue weighted by Gasteiger charge is 2.13. The van der Waals surface area contributed by atoms with Gasteiger partial charge in [-0.2, -0.15) is 0 Å². The first-order valence-electron chi connectivity index (χ1n) is 6.14. The minimum absolute atomic E-state index is 0.444. The van der Waals surface area contributed by atoms with Gasteiger partial charge in [-0.1, -0.05) is 13.8 Å². The van der Waals surface area contributed by atoms with Crippen molar-refractivity contribution in [2.75, 3.05) is 7.11 Å². The van der Waals surface area contributed by atoms with Gasteiger partial charge in [-0.15, -0.1) is 11.3 Å². The van der Waals surface area contributed by atoms with Crippen LogP contribution in [0.4, 0.5) is 0 Å². The van der Waals surface area contributed by atoms with E-state index in [4.69, 9.17) is 4.74 Å². The van der Waals surface area contributed by atoms with Gasteiger partial charge in [0.05, 0.1) is 17.8 Å². The summed E-state index contributed by atoms with van der Waals surface area (Å²) in [7, 11) is 1.73. The van der Waals surface area contributed by atoms with E-state index in [0.29, 0.717) is 5.92 Å². The van der Waals surface area contributed by atoms with Crippen molar-refractivity contribution >= 4 is 11.3 Å². The molecule has 0 saturated heterocycles. The van der Waals surface area contributed by atoms with Crippen LogP contribution in [0.15, 0.2) is 17.5 Å². The zero-order valence-corrected chi connectivity index (χ0v) is 12.4. The second-order valence-electron chi connectivity index (χ2n) is 4.82. The molecule has 0 spiro atoms. The van der Waals surface area contributed by atoms with Crippen LogP contribution in [0.1, 0.15) is 35.9 Å². The lowest BCUT2D eigenvalue weighted by atomic mass is 9.95. The number of ether oxygens (including phenoxy) is 1.